The SMILES string of the molecule is CC(C)(C)OC(=O)C(C#N)c1c(Br)cc([N+](=O)[O-])cc1Br. The Morgan fingerprint density at radius 1 is 1.38 bits per heavy atom. The van der Waals surface area contributed by atoms with Gasteiger partial charge in [-0.3, -0.25) is 14.9 Å². The van der Waals surface area contributed by atoms with Gasteiger partial charge in [0.2, 0.25) is 0 Å². The number of benzene rings is 1. The molecule has 1 aromatic rings. The van der Waals surface area contributed by atoms with Crippen LogP contribution in [0.1, 0.15) is 32.3 Å². The Morgan fingerprint density at radius 2 is 1.86 bits per heavy atom. The van der Waals surface area contributed by atoms with Gasteiger partial charge in [-0.25, -0.2) is 0 Å². The monoisotopic (exact) mass is 418 g/mol. The summed E-state index contributed by atoms with van der Waals surface area (Å²) in [5.74, 6) is -1.89. The molecule has 1 aromatic carbocycles. The highest BCUT2D eigenvalue weighted by Gasteiger charge is 2.31. The van der Waals surface area contributed by atoms with E-state index < -0.39 is 22.4 Å². The maximum Gasteiger partial charge on any atom is 0.328 e. The van der Waals surface area contributed by atoms with Crippen molar-refractivity contribution in [3.63, 3.8) is 0 Å². The lowest BCUT2D eigenvalue weighted by molar-refractivity contribution is -0.385. The smallest absolute Gasteiger partial charge is 0.328 e. The summed E-state index contributed by atoms with van der Waals surface area (Å²) in [7, 11) is 0. The van der Waals surface area contributed by atoms with E-state index in [0.29, 0.717) is 14.5 Å². The molecule has 6 nitrogen and oxygen atoms in total. The standard InChI is InChI=1S/C13H12Br2N2O4/c1-13(2,3)21-12(18)8(6-16)11-9(14)4-7(17(19)20)5-10(11)15/h4-5,8H,1-3H3. The number of non-ortho nitro benzene ring substituents is 1. The molecule has 0 saturated heterocycles. The summed E-state index contributed by atoms with van der Waals surface area (Å²) >= 11 is 6.32. The second-order valence-electron chi connectivity index (χ2n) is 5.18. The van der Waals surface area contributed by atoms with Crippen molar-refractivity contribution in [2.75, 3.05) is 0 Å². The lowest BCUT2D eigenvalue weighted by atomic mass is 10.00. The first-order chi connectivity index (χ1) is 9.56. The molecule has 0 aliphatic heterocycles. The van der Waals surface area contributed by atoms with Gasteiger partial charge in [0, 0.05) is 26.6 Å². The van der Waals surface area contributed by atoms with Gasteiger partial charge < -0.3 is 4.74 Å². The summed E-state index contributed by atoms with van der Waals surface area (Å²) in [6, 6.07) is 4.36. The van der Waals surface area contributed by atoms with Gasteiger partial charge in [-0.15, -0.1) is 0 Å². The zero-order valence-electron chi connectivity index (χ0n) is 11.5. The highest BCUT2D eigenvalue weighted by atomic mass is 79.9. The van der Waals surface area contributed by atoms with Crippen molar-refractivity contribution in [3.05, 3.63) is 36.8 Å². The van der Waals surface area contributed by atoms with Crippen LogP contribution in [-0.4, -0.2) is 16.5 Å². The van der Waals surface area contributed by atoms with Gasteiger partial charge in [0.05, 0.1) is 11.0 Å². The van der Waals surface area contributed by atoms with Gasteiger partial charge in [-0.2, -0.15) is 5.26 Å². The third kappa shape index (κ3) is 4.51. The number of nitrogens with zero attached hydrogens (tertiary/aromatic N) is 2. The lowest BCUT2D eigenvalue weighted by Gasteiger charge is -2.22. The summed E-state index contributed by atoms with van der Waals surface area (Å²) < 4.78 is 5.78. The van der Waals surface area contributed by atoms with E-state index in [1.54, 1.807) is 20.8 Å². The van der Waals surface area contributed by atoms with Crippen LogP contribution in [0.15, 0.2) is 21.1 Å². The van der Waals surface area contributed by atoms with E-state index in [0.717, 1.165) is 0 Å². The number of carbonyl (C=O) groups is 1. The highest BCUT2D eigenvalue weighted by molar-refractivity contribution is 9.11. The van der Waals surface area contributed by atoms with E-state index in [1.807, 2.05) is 6.07 Å². The average molecular weight is 420 g/mol. The molecule has 0 aromatic heterocycles. The van der Waals surface area contributed by atoms with Gasteiger partial charge in [0.1, 0.15) is 5.60 Å². The zero-order valence-corrected chi connectivity index (χ0v) is 14.7. The molecule has 1 atom stereocenters. The fourth-order valence-electron chi connectivity index (χ4n) is 1.55. The number of esters is 1. The van der Waals surface area contributed by atoms with Crippen LogP contribution < -0.4 is 0 Å². The molecular formula is C13H12Br2N2O4. The molecule has 112 valence electrons. The van der Waals surface area contributed by atoms with Crippen molar-refractivity contribution in [1.29, 1.82) is 5.26 Å². The number of rotatable bonds is 3. The highest BCUT2D eigenvalue weighted by Crippen LogP contribution is 2.36. The van der Waals surface area contributed by atoms with Crippen molar-refractivity contribution < 1.29 is 14.5 Å². The van der Waals surface area contributed by atoms with Gasteiger partial charge >= 0.3 is 5.97 Å². The number of hydrogen-bond donors (Lipinski definition) is 0. The fourth-order valence-corrected chi connectivity index (χ4v) is 3.17. The Bertz CT molecular complexity index is 609. The molecule has 21 heavy (non-hydrogen) atoms. The first kappa shape index (κ1) is 17.6. The summed E-state index contributed by atoms with van der Waals surface area (Å²) in [4.78, 5) is 22.3. The molecule has 0 radical (unpaired) electrons. The molecule has 0 heterocycles. The molecule has 0 fully saturated rings. The second-order valence-corrected chi connectivity index (χ2v) is 6.88. The maximum absolute atomic E-state index is 12.1. The molecule has 0 aliphatic rings. The normalized spacial score (nSPS) is 12.4. The van der Waals surface area contributed by atoms with Gasteiger partial charge in [0.15, 0.2) is 5.92 Å². The number of nitro benzene ring substituents is 1. The molecule has 0 N–H and O–H groups in total. The van der Waals surface area contributed by atoms with Crippen LogP contribution in [0.5, 0.6) is 0 Å². The number of nitro groups is 1. The minimum atomic E-state index is -1.19. The number of carbonyl (C=O) groups excluding carboxylic acids is 1. The van der Waals surface area contributed by atoms with E-state index in [1.165, 1.54) is 12.1 Å². The second kappa shape index (κ2) is 6.54. The molecule has 0 saturated carbocycles. The minimum absolute atomic E-state index is 0.154. The largest absolute Gasteiger partial charge is 0.459 e. The Kier molecular flexibility index (Phi) is 5.48. The fraction of sp³-hybridized carbons (Fsp3) is 0.385. The van der Waals surface area contributed by atoms with Gasteiger partial charge in [-0.05, 0) is 20.8 Å². The van der Waals surface area contributed by atoms with Crippen LogP contribution in [0, 0.1) is 21.4 Å². The lowest BCUT2D eigenvalue weighted by Crippen LogP contribution is -2.27. The summed E-state index contributed by atoms with van der Waals surface area (Å²) in [6.45, 7) is 5.08. The molecule has 0 aliphatic carbocycles. The van der Waals surface area contributed by atoms with Crippen molar-refractivity contribution in [1.82, 2.24) is 0 Å². The summed E-state index contributed by atoms with van der Waals surface area (Å²) in [6.07, 6.45) is 0. The molecular weight excluding hydrogens is 408 g/mol. The van der Waals surface area contributed by atoms with E-state index in [4.69, 9.17) is 4.74 Å². The molecule has 0 spiro atoms. The van der Waals surface area contributed by atoms with Crippen LogP contribution in [0.25, 0.3) is 0 Å². The van der Waals surface area contributed by atoms with Crippen molar-refractivity contribution in [2.24, 2.45) is 0 Å². The number of halogens is 2. The Balaban J connectivity index is 3.28. The Labute approximate surface area is 138 Å². The summed E-state index contributed by atoms with van der Waals surface area (Å²) in [5.41, 5.74) is -0.581. The first-order valence-electron chi connectivity index (χ1n) is 5.82. The van der Waals surface area contributed by atoms with Crippen molar-refractivity contribution in [3.8, 4) is 6.07 Å². The number of nitriles is 1. The third-order valence-corrected chi connectivity index (χ3v) is 3.65. The van der Waals surface area contributed by atoms with Crippen LogP contribution in [0.4, 0.5) is 5.69 Å². The van der Waals surface area contributed by atoms with E-state index in [-0.39, 0.29) is 5.69 Å². The first-order valence-corrected chi connectivity index (χ1v) is 7.41. The van der Waals surface area contributed by atoms with E-state index in [9.17, 15) is 20.2 Å². The van der Waals surface area contributed by atoms with E-state index >= 15 is 0 Å². The molecule has 0 bridgehead atoms. The van der Waals surface area contributed by atoms with Crippen LogP contribution >= 0.6 is 31.9 Å². The quantitative estimate of drug-likeness (QED) is 0.418. The van der Waals surface area contributed by atoms with Crippen LogP contribution in [-0.2, 0) is 9.53 Å². The number of hydrogen-bond acceptors (Lipinski definition) is 5. The van der Waals surface area contributed by atoms with Crippen molar-refractivity contribution in [2.45, 2.75) is 32.3 Å². The van der Waals surface area contributed by atoms with Gasteiger partial charge in [0.25, 0.3) is 5.69 Å². The number of ether oxygens (including phenoxy) is 1. The average Bonchev–Trinajstić information content (AvgIpc) is 2.30. The minimum Gasteiger partial charge on any atom is -0.459 e. The van der Waals surface area contributed by atoms with E-state index in [2.05, 4.69) is 31.9 Å². The third-order valence-electron chi connectivity index (χ3n) is 2.33. The maximum atomic E-state index is 12.1. The van der Waals surface area contributed by atoms with Crippen molar-refractivity contribution >= 4 is 43.5 Å². The predicted molar refractivity (Wildman–Crippen MR) is 82.7 cm³/mol. The predicted octanol–water partition coefficient (Wildman–Crippen LogP) is 4.07. The van der Waals surface area contributed by atoms with Crippen LogP contribution in [0.3, 0.4) is 0 Å². The zero-order chi connectivity index (χ0) is 16.4. The molecule has 1 rings (SSSR count). The topological polar surface area (TPSA) is 93.2 Å². The van der Waals surface area contributed by atoms with Crippen LogP contribution in [0.2, 0.25) is 0 Å². The Hall–Kier alpha value is -1.46. The molecule has 8 heteroatoms. The molecule has 0 amide bonds. The van der Waals surface area contributed by atoms with Gasteiger partial charge in [-0.1, -0.05) is 31.9 Å². The molecule has 1 unspecified atom stereocenters. The summed E-state index contributed by atoms with van der Waals surface area (Å²) in [5, 5.41) is 20.0. The Morgan fingerprint density at radius 3 is 2.19 bits per heavy atom.